The summed E-state index contributed by atoms with van der Waals surface area (Å²) in [5, 5.41) is 9.55. The molecular formula is C12H17NO2. The first-order chi connectivity index (χ1) is 6.84. The van der Waals surface area contributed by atoms with Crippen LogP contribution in [0.25, 0.3) is 0 Å². The average Bonchev–Trinajstić information content (AvgIpc) is 2.15. The fourth-order valence-corrected chi connectivity index (χ4v) is 1.14. The maximum absolute atomic E-state index is 12.0. The summed E-state index contributed by atoms with van der Waals surface area (Å²) in [5.41, 5.74) is 0.0919. The molecule has 0 saturated heterocycles. The molecule has 1 aromatic rings. The summed E-state index contributed by atoms with van der Waals surface area (Å²) in [6, 6.07) is 6.58. The number of para-hydroxylation sites is 1. The predicted octanol–water partition coefficient (Wildman–Crippen LogP) is 2.26. The summed E-state index contributed by atoms with van der Waals surface area (Å²) in [5.74, 6) is -0.140. The maximum atomic E-state index is 12.0. The van der Waals surface area contributed by atoms with Crippen molar-refractivity contribution in [3.63, 3.8) is 0 Å². The molecule has 0 fully saturated rings. The lowest BCUT2D eigenvalue weighted by molar-refractivity contribution is 0.0653. The fourth-order valence-electron chi connectivity index (χ4n) is 1.14. The standard InChI is InChI=1S/C12H17NO2/c1-12(2,3)13(4)11(15)9-7-5-6-8-10(9)14/h5-8,14H,1-4H3. The number of hydrogen-bond acceptors (Lipinski definition) is 2. The van der Waals surface area contributed by atoms with Gasteiger partial charge in [0.1, 0.15) is 5.75 Å². The Bertz CT molecular complexity index is 366. The molecule has 1 rings (SSSR count). The van der Waals surface area contributed by atoms with Gasteiger partial charge in [0.25, 0.3) is 5.91 Å². The number of carbonyl (C=O) groups excluding carboxylic acids is 1. The van der Waals surface area contributed by atoms with Crippen molar-refractivity contribution in [2.75, 3.05) is 7.05 Å². The van der Waals surface area contributed by atoms with Crippen molar-refractivity contribution >= 4 is 5.91 Å². The first-order valence-electron chi connectivity index (χ1n) is 4.90. The number of benzene rings is 1. The molecule has 0 saturated carbocycles. The van der Waals surface area contributed by atoms with E-state index in [1.807, 2.05) is 20.8 Å². The number of phenolic OH excluding ortho intramolecular Hbond substituents is 1. The van der Waals surface area contributed by atoms with Crippen molar-refractivity contribution in [3.05, 3.63) is 29.8 Å². The monoisotopic (exact) mass is 207 g/mol. The van der Waals surface area contributed by atoms with E-state index in [0.717, 1.165) is 0 Å². The summed E-state index contributed by atoms with van der Waals surface area (Å²) < 4.78 is 0. The van der Waals surface area contributed by atoms with Gasteiger partial charge in [0.05, 0.1) is 5.56 Å². The van der Waals surface area contributed by atoms with Crippen molar-refractivity contribution in [1.29, 1.82) is 0 Å². The molecule has 82 valence electrons. The second-order valence-corrected chi connectivity index (χ2v) is 4.55. The zero-order valence-corrected chi connectivity index (χ0v) is 9.61. The number of nitrogens with zero attached hydrogens (tertiary/aromatic N) is 1. The highest BCUT2D eigenvalue weighted by atomic mass is 16.3. The zero-order valence-electron chi connectivity index (χ0n) is 9.61. The Morgan fingerprint density at radius 1 is 1.27 bits per heavy atom. The largest absolute Gasteiger partial charge is 0.507 e. The van der Waals surface area contributed by atoms with Crippen LogP contribution in [0.5, 0.6) is 5.75 Å². The molecule has 0 aliphatic heterocycles. The van der Waals surface area contributed by atoms with Crippen molar-refractivity contribution < 1.29 is 9.90 Å². The van der Waals surface area contributed by atoms with Crippen LogP contribution >= 0.6 is 0 Å². The predicted molar refractivity (Wildman–Crippen MR) is 60.0 cm³/mol. The van der Waals surface area contributed by atoms with Crippen molar-refractivity contribution in [2.45, 2.75) is 26.3 Å². The van der Waals surface area contributed by atoms with E-state index in [0.29, 0.717) is 5.56 Å². The van der Waals surface area contributed by atoms with Crippen LogP contribution in [-0.2, 0) is 0 Å². The first kappa shape index (κ1) is 11.6. The van der Waals surface area contributed by atoms with E-state index >= 15 is 0 Å². The van der Waals surface area contributed by atoms with Crippen molar-refractivity contribution in [3.8, 4) is 5.75 Å². The molecule has 0 aliphatic carbocycles. The van der Waals surface area contributed by atoms with Crippen LogP contribution < -0.4 is 0 Å². The minimum Gasteiger partial charge on any atom is -0.507 e. The summed E-state index contributed by atoms with van der Waals surface area (Å²) in [6.45, 7) is 5.85. The fraction of sp³-hybridized carbons (Fsp3) is 0.417. The molecule has 0 bridgehead atoms. The van der Waals surface area contributed by atoms with Crippen LogP contribution in [0.4, 0.5) is 0 Å². The minimum atomic E-state index is -0.251. The molecule has 1 N–H and O–H groups in total. The minimum absolute atomic E-state index is 0.0265. The van der Waals surface area contributed by atoms with Gasteiger partial charge in [-0.3, -0.25) is 4.79 Å². The Morgan fingerprint density at radius 3 is 2.27 bits per heavy atom. The number of hydrogen-bond donors (Lipinski definition) is 1. The first-order valence-corrected chi connectivity index (χ1v) is 4.90. The molecule has 0 radical (unpaired) electrons. The van der Waals surface area contributed by atoms with Gasteiger partial charge < -0.3 is 10.0 Å². The molecule has 0 unspecified atom stereocenters. The van der Waals surface area contributed by atoms with Crippen LogP contribution in [0.3, 0.4) is 0 Å². The highest BCUT2D eigenvalue weighted by Gasteiger charge is 2.24. The van der Waals surface area contributed by atoms with Crippen molar-refractivity contribution in [1.82, 2.24) is 4.90 Å². The number of phenols is 1. The van der Waals surface area contributed by atoms with Crippen LogP contribution in [0, 0.1) is 0 Å². The molecule has 1 aromatic carbocycles. The molecular weight excluding hydrogens is 190 g/mol. The second-order valence-electron chi connectivity index (χ2n) is 4.55. The van der Waals surface area contributed by atoms with Gasteiger partial charge in [0.2, 0.25) is 0 Å². The summed E-state index contributed by atoms with van der Waals surface area (Å²) in [6.07, 6.45) is 0. The van der Waals surface area contributed by atoms with Gasteiger partial charge in [-0.05, 0) is 32.9 Å². The van der Waals surface area contributed by atoms with Gasteiger partial charge in [-0.15, -0.1) is 0 Å². The number of rotatable bonds is 1. The zero-order chi connectivity index (χ0) is 11.6. The Labute approximate surface area is 90.3 Å². The molecule has 3 heteroatoms. The number of aromatic hydroxyl groups is 1. The van der Waals surface area contributed by atoms with E-state index in [1.54, 1.807) is 30.1 Å². The molecule has 0 atom stereocenters. The lowest BCUT2D eigenvalue weighted by atomic mass is 10.0. The highest BCUT2D eigenvalue weighted by molar-refractivity contribution is 5.97. The lowest BCUT2D eigenvalue weighted by Gasteiger charge is -2.32. The molecule has 1 amide bonds. The van der Waals surface area contributed by atoms with Gasteiger partial charge in [0.15, 0.2) is 0 Å². The van der Waals surface area contributed by atoms with E-state index in [-0.39, 0.29) is 17.2 Å². The second kappa shape index (κ2) is 3.93. The van der Waals surface area contributed by atoms with Gasteiger partial charge >= 0.3 is 0 Å². The Morgan fingerprint density at radius 2 is 1.80 bits per heavy atom. The molecule has 15 heavy (non-hydrogen) atoms. The van der Waals surface area contributed by atoms with E-state index in [2.05, 4.69) is 0 Å². The van der Waals surface area contributed by atoms with Gasteiger partial charge in [-0.25, -0.2) is 0 Å². The van der Waals surface area contributed by atoms with Gasteiger partial charge in [0, 0.05) is 12.6 Å². The third-order valence-corrected chi connectivity index (χ3v) is 2.45. The third kappa shape index (κ3) is 2.49. The average molecular weight is 207 g/mol. The SMILES string of the molecule is CN(C(=O)c1ccccc1O)C(C)(C)C. The maximum Gasteiger partial charge on any atom is 0.257 e. The number of amides is 1. The highest BCUT2D eigenvalue weighted by Crippen LogP contribution is 2.21. The van der Waals surface area contributed by atoms with E-state index in [1.165, 1.54) is 6.07 Å². The van der Waals surface area contributed by atoms with Crippen LogP contribution in [0.2, 0.25) is 0 Å². The van der Waals surface area contributed by atoms with Crippen LogP contribution in [-0.4, -0.2) is 28.5 Å². The molecule has 0 heterocycles. The number of carbonyl (C=O) groups is 1. The van der Waals surface area contributed by atoms with Gasteiger partial charge in [-0.2, -0.15) is 0 Å². The molecule has 3 nitrogen and oxygen atoms in total. The summed E-state index contributed by atoms with van der Waals surface area (Å²) in [7, 11) is 1.73. The summed E-state index contributed by atoms with van der Waals surface area (Å²) >= 11 is 0. The Hall–Kier alpha value is -1.51. The van der Waals surface area contributed by atoms with Crippen LogP contribution in [0.1, 0.15) is 31.1 Å². The topological polar surface area (TPSA) is 40.5 Å². The van der Waals surface area contributed by atoms with Gasteiger partial charge in [-0.1, -0.05) is 12.1 Å². The smallest absolute Gasteiger partial charge is 0.257 e. The summed E-state index contributed by atoms with van der Waals surface area (Å²) in [4.78, 5) is 13.6. The van der Waals surface area contributed by atoms with E-state index in [9.17, 15) is 9.90 Å². The normalized spacial score (nSPS) is 11.2. The molecule has 0 spiro atoms. The molecule has 0 aromatic heterocycles. The third-order valence-electron chi connectivity index (χ3n) is 2.45. The van der Waals surface area contributed by atoms with Crippen LogP contribution in [0.15, 0.2) is 24.3 Å². The Balaban J connectivity index is 3.01. The Kier molecular flexibility index (Phi) is 3.03. The van der Waals surface area contributed by atoms with Crippen molar-refractivity contribution in [2.24, 2.45) is 0 Å². The quantitative estimate of drug-likeness (QED) is 0.767. The lowest BCUT2D eigenvalue weighted by Crippen LogP contribution is -2.42. The van der Waals surface area contributed by atoms with E-state index < -0.39 is 0 Å². The molecule has 0 aliphatic rings. The van der Waals surface area contributed by atoms with E-state index in [4.69, 9.17) is 0 Å².